The van der Waals surface area contributed by atoms with Crippen LogP contribution in [-0.4, -0.2) is 31.6 Å². The van der Waals surface area contributed by atoms with Crippen molar-refractivity contribution in [2.24, 2.45) is 23.7 Å². The summed E-state index contributed by atoms with van der Waals surface area (Å²) in [5.74, 6) is 2.32. The van der Waals surface area contributed by atoms with E-state index in [0.717, 1.165) is 18.3 Å². The standard InChI is InChI=1S/C14H28O3S/c1-11-6-12(2)8-14(7-11)4-5-18(16,17)10-13(3)9-15/h11-15H,4-10H2,1-3H3. The van der Waals surface area contributed by atoms with Crippen LogP contribution in [0.5, 0.6) is 0 Å². The summed E-state index contributed by atoms with van der Waals surface area (Å²) in [6.07, 6.45) is 4.44. The van der Waals surface area contributed by atoms with E-state index in [1.54, 1.807) is 6.92 Å². The minimum atomic E-state index is -2.99. The van der Waals surface area contributed by atoms with E-state index in [2.05, 4.69) is 13.8 Å². The van der Waals surface area contributed by atoms with Crippen LogP contribution in [0.3, 0.4) is 0 Å². The molecule has 0 aliphatic heterocycles. The van der Waals surface area contributed by atoms with E-state index in [9.17, 15) is 8.42 Å². The van der Waals surface area contributed by atoms with Gasteiger partial charge >= 0.3 is 0 Å². The number of aliphatic hydroxyl groups excluding tert-OH is 1. The lowest BCUT2D eigenvalue weighted by atomic mass is 9.76. The van der Waals surface area contributed by atoms with E-state index in [0.29, 0.717) is 11.7 Å². The Morgan fingerprint density at radius 1 is 1.17 bits per heavy atom. The summed E-state index contributed by atoms with van der Waals surface area (Å²) in [4.78, 5) is 0. The molecule has 4 heteroatoms. The van der Waals surface area contributed by atoms with Gasteiger partial charge in [-0.25, -0.2) is 8.42 Å². The van der Waals surface area contributed by atoms with Gasteiger partial charge in [-0.05, 0) is 49.4 Å². The molecule has 0 spiro atoms. The fraction of sp³-hybridized carbons (Fsp3) is 1.00. The molecule has 3 unspecified atom stereocenters. The molecule has 0 saturated heterocycles. The molecule has 3 nitrogen and oxygen atoms in total. The average molecular weight is 276 g/mol. The SMILES string of the molecule is CC1CC(C)CC(CCS(=O)(=O)CC(C)CO)C1. The van der Waals surface area contributed by atoms with Gasteiger partial charge in [0, 0.05) is 6.61 Å². The number of rotatable bonds is 6. The van der Waals surface area contributed by atoms with Crippen molar-refractivity contribution >= 4 is 9.84 Å². The van der Waals surface area contributed by atoms with Crippen LogP contribution in [0.1, 0.15) is 46.5 Å². The molecule has 1 saturated carbocycles. The first-order valence-corrected chi connectivity index (χ1v) is 8.95. The third kappa shape index (κ3) is 5.70. The molecule has 0 aromatic rings. The Balaban J connectivity index is 2.39. The Morgan fingerprint density at radius 3 is 2.22 bits per heavy atom. The zero-order valence-electron chi connectivity index (χ0n) is 11.9. The van der Waals surface area contributed by atoms with Gasteiger partial charge in [0.05, 0.1) is 11.5 Å². The number of hydrogen-bond acceptors (Lipinski definition) is 3. The zero-order valence-corrected chi connectivity index (χ0v) is 12.7. The molecule has 1 aliphatic carbocycles. The van der Waals surface area contributed by atoms with Gasteiger partial charge in [0.1, 0.15) is 0 Å². The Kier molecular flexibility index (Phi) is 6.12. The van der Waals surface area contributed by atoms with Crippen LogP contribution in [0, 0.1) is 23.7 Å². The van der Waals surface area contributed by atoms with Crippen molar-refractivity contribution in [2.75, 3.05) is 18.1 Å². The van der Waals surface area contributed by atoms with Crippen LogP contribution >= 0.6 is 0 Å². The molecule has 3 atom stereocenters. The van der Waals surface area contributed by atoms with Crippen molar-refractivity contribution in [3.63, 3.8) is 0 Å². The third-order valence-corrected chi connectivity index (χ3v) is 5.90. The van der Waals surface area contributed by atoms with Crippen molar-refractivity contribution in [3.05, 3.63) is 0 Å². The molecule has 0 aromatic carbocycles. The molecule has 18 heavy (non-hydrogen) atoms. The summed E-state index contributed by atoms with van der Waals surface area (Å²) in [6.45, 7) is 6.27. The molecule has 1 rings (SSSR count). The summed E-state index contributed by atoms with van der Waals surface area (Å²) in [6, 6.07) is 0. The molecule has 1 fully saturated rings. The highest BCUT2D eigenvalue weighted by Crippen LogP contribution is 2.34. The van der Waals surface area contributed by atoms with Gasteiger partial charge in [0.2, 0.25) is 0 Å². The third-order valence-electron chi connectivity index (χ3n) is 3.96. The summed E-state index contributed by atoms with van der Waals surface area (Å²) >= 11 is 0. The van der Waals surface area contributed by atoms with Gasteiger partial charge < -0.3 is 5.11 Å². The zero-order chi connectivity index (χ0) is 13.8. The topological polar surface area (TPSA) is 54.4 Å². The Morgan fingerprint density at radius 2 is 1.72 bits per heavy atom. The number of hydrogen-bond donors (Lipinski definition) is 1. The first kappa shape index (κ1) is 16.0. The monoisotopic (exact) mass is 276 g/mol. The predicted octanol–water partition coefficient (Wildman–Crippen LogP) is 2.49. The van der Waals surface area contributed by atoms with Gasteiger partial charge in [-0.2, -0.15) is 0 Å². The smallest absolute Gasteiger partial charge is 0.150 e. The van der Waals surface area contributed by atoms with Crippen LogP contribution < -0.4 is 0 Å². The molecule has 0 aromatic heterocycles. The summed E-state index contributed by atoms with van der Waals surface area (Å²) < 4.78 is 23.8. The minimum absolute atomic E-state index is 0.0449. The highest BCUT2D eigenvalue weighted by atomic mass is 32.2. The van der Waals surface area contributed by atoms with Crippen molar-refractivity contribution in [3.8, 4) is 0 Å². The Labute approximate surface area is 112 Å². The first-order chi connectivity index (χ1) is 8.32. The van der Waals surface area contributed by atoms with Crippen LogP contribution in [0.4, 0.5) is 0 Å². The minimum Gasteiger partial charge on any atom is -0.396 e. The molecular formula is C14H28O3S. The molecule has 1 aliphatic rings. The van der Waals surface area contributed by atoms with E-state index < -0.39 is 9.84 Å². The van der Waals surface area contributed by atoms with E-state index in [4.69, 9.17) is 5.11 Å². The summed E-state index contributed by atoms with van der Waals surface area (Å²) in [7, 11) is -2.99. The fourth-order valence-electron chi connectivity index (χ4n) is 3.27. The maximum atomic E-state index is 11.9. The molecule has 0 amide bonds. The van der Waals surface area contributed by atoms with E-state index in [-0.39, 0.29) is 18.3 Å². The molecule has 0 bridgehead atoms. The second-order valence-corrected chi connectivity index (χ2v) is 8.70. The van der Waals surface area contributed by atoms with E-state index in [1.165, 1.54) is 19.3 Å². The van der Waals surface area contributed by atoms with Crippen LogP contribution in [0.2, 0.25) is 0 Å². The van der Waals surface area contributed by atoms with Crippen LogP contribution in [0.15, 0.2) is 0 Å². The highest BCUT2D eigenvalue weighted by molar-refractivity contribution is 7.91. The second-order valence-electron chi connectivity index (χ2n) is 6.47. The quantitative estimate of drug-likeness (QED) is 0.811. The van der Waals surface area contributed by atoms with Gasteiger partial charge in [-0.1, -0.05) is 20.8 Å². The summed E-state index contributed by atoms with van der Waals surface area (Å²) in [5.41, 5.74) is 0. The van der Waals surface area contributed by atoms with Gasteiger partial charge in [0.25, 0.3) is 0 Å². The molecule has 0 heterocycles. The lowest BCUT2D eigenvalue weighted by Crippen LogP contribution is -2.24. The van der Waals surface area contributed by atoms with Crippen LogP contribution in [-0.2, 0) is 9.84 Å². The Hall–Kier alpha value is -0.0900. The lowest BCUT2D eigenvalue weighted by molar-refractivity contribution is 0.215. The van der Waals surface area contributed by atoms with E-state index >= 15 is 0 Å². The molecule has 0 radical (unpaired) electrons. The first-order valence-electron chi connectivity index (χ1n) is 7.13. The van der Waals surface area contributed by atoms with Crippen molar-refractivity contribution in [1.82, 2.24) is 0 Å². The van der Waals surface area contributed by atoms with Crippen LogP contribution in [0.25, 0.3) is 0 Å². The predicted molar refractivity (Wildman–Crippen MR) is 75.2 cm³/mol. The largest absolute Gasteiger partial charge is 0.396 e. The number of sulfone groups is 1. The molecular weight excluding hydrogens is 248 g/mol. The van der Waals surface area contributed by atoms with E-state index in [1.807, 2.05) is 0 Å². The van der Waals surface area contributed by atoms with Crippen molar-refractivity contribution in [1.29, 1.82) is 0 Å². The maximum Gasteiger partial charge on any atom is 0.150 e. The number of aliphatic hydroxyl groups is 1. The maximum absolute atomic E-state index is 11.9. The second kappa shape index (κ2) is 6.90. The fourth-order valence-corrected chi connectivity index (χ4v) is 5.10. The average Bonchev–Trinajstić information content (AvgIpc) is 2.24. The highest BCUT2D eigenvalue weighted by Gasteiger charge is 2.25. The summed E-state index contributed by atoms with van der Waals surface area (Å²) in [5, 5.41) is 8.92. The lowest BCUT2D eigenvalue weighted by Gasteiger charge is -2.31. The van der Waals surface area contributed by atoms with Crippen molar-refractivity contribution in [2.45, 2.75) is 46.5 Å². The molecule has 1 N–H and O–H groups in total. The normalized spacial score (nSPS) is 31.2. The van der Waals surface area contributed by atoms with Crippen molar-refractivity contribution < 1.29 is 13.5 Å². The van der Waals surface area contributed by atoms with Gasteiger partial charge in [-0.15, -0.1) is 0 Å². The van der Waals surface area contributed by atoms with Gasteiger partial charge in [0.15, 0.2) is 9.84 Å². The molecule has 108 valence electrons. The van der Waals surface area contributed by atoms with Gasteiger partial charge in [-0.3, -0.25) is 0 Å². The Bertz CT molecular complexity index is 327.